The second-order valence-corrected chi connectivity index (χ2v) is 7.70. The molecule has 0 saturated heterocycles. The molecular weight excluding hydrogens is 472 g/mol. The van der Waals surface area contributed by atoms with Crippen molar-refractivity contribution in [3.63, 3.8) is 0 Å². The predicted octanol–water partition coefficient (Wildman–Crippen LogP) is 2.64. The van der Waals surface area contributed by atoms with Crippen LogP contribution in [0.4, 0.5) is 0 Å². The van der Waals surface area contributed by atoms with Gasteiger partial charge in [0.25, 0.3) is 0 Å². The summed E-state index contributed by atoms with van der Waals surface area (Å²) >= 11 is 7.63. The number of rotatable bonds is 4. The number of aliphatic imine (C=N–C) groups is 1. The molecule has 0 N–H and O–H groups in total. The molecule has 2 heterocycles. The summed E-state index contributed by atoms with van der Waals surface area (Å²) in [6.07, 6.45) is 0. The molecule has 0 aromatic heterocycles. The largest absolute Gasteiger partial charge is 1.00 e. The molecule has 29 heavy (non-hydrogen) atoms. The zero-order valence-corrected chi connectivity index (χ0v) is 19.1. The minimum atomic E-state index is -0.330. The van der Waals surface area contributed by atoms with Gasteiger partial charge in [0.1, 0.15) is 0 Å². The molecule has 4 rings (SSSR count). The summed E-state index contributed by atoms with van der Waals surface area (Å²) < 4.78 is 5.37. The molecule has 0 radical (unpaired) electrons. The Hall–Kier alpha value is -2.02. The van der Waals surface area contributed by atoms with E-state index >= 15 is 0 Å². The lowest BCUT2D eigenvalue weighted by atomic mass is 9.93. The summed E-state index contributed by atoms with van der Waals surface area (Å²) in [6, 6.07) is 17.4. The van der Waals surface area contributed by atoms with Gasteiger partial charge in [0, 0.05) is 10.4 Å². The summed E-state index contributed by atoms with van der Waals surface area (Å²) in [6.45, 7) is 4.00. The van der Waals surface area contributed by atoms with Crippen LogP contribution in [0, 0.1) is 0 Å². The molecule has 0 saturated carbocycles. The van der Waals surface area contributed by atoms with E-state index in [1.807, 2.05) is 68.4 Å². The number of carbonyl (C=O) groups is 1. The van der Waals surface area contributed by atoms with Gasteiger partial charge in [-0.05, 0) is 37.1 Å². The summed E-state index contributed by atoms with van der Waals surface area (Å²) in [7, 11) is 0. The number of thioether (sulfide) groups is 1. The number of allylic oxidation sites excluding steroid dienone is 1. The third-order valence-electron chi connectivity index (χ3n) is 4.68. The van der Waals surface area contributed by atoms with Gasteiger partial charge in [0.15, 0.2) is 5.17 Å². The van der Waals surface area contributed by atoms with Crippen LogP contribution in [0.3, 0.4) is 0 Å². The monoisotopic (exact) mass is 489 g/mol. The normalized spacial score (nSPS) is 17.9. The Morgan fingerprint density at radius 3 is 2.52 bits per heavy atom. The minimum absolute atomic E-state index is 0. The van der Waals surface area contributed by atoms with E-state index in [4.69, 9.17) is 21.3 Å². The van der Waals surface area contributed by atoms with E-state index in [1.165, 1.54) is 0 Å². The van der Waals surface area contributed by atoms with Gasteiger partial charge in [0.05, 0.1) is 29.6 Å². The van der Waals surface area contributed by atoms with Crippen molar-refractivity contribution in [2.24, 2.45) is 4.99 Å². The molecule has 0 amide bonds. The first kappa shape index (κ1) is 21.7. The Bertz CT molecular complexity index is 1000. The molecular formula is C22H19BrClN2O2S-. The highest BCUT2D eigenvalue weighted by Crippen LogP contribution is 2.46. The number of amidine groups is 1. The summed E-state index contributed by atoms with van der Waals surface area (Å²) in [5.74, 6) is -0.330. The van der Waals surface area contributed by atoms with Gasteiger partial charge < -0.3 is 26.6 Å². The molecule has 0 bridgehead atoms. The lowest BCUT2D eigenvalue weighted by Crippen LogP contribution is -3.00. The van der Waals surface area contributed by atoms with Crippen LogP contribution < -0.4 is 17.0 Å². The van der Waals surface area contributed by atoms with Crippen LogP contribution in [-0.4, -0.2) is 22.6 Å². The van der Waals surface area contributed by atoms with E-state index in [2.05, 4.69) is 10.3 Å². The van der Waals surface area contributed by atoms with Gasteiger partial charge in [-0.3, -0.25) is 0 Å². The van der Waals surface area contributed by atoms with Gasteiger partial charge in [-0.1, -0.05) is 65.8 Å². The number of nitrogens with zero attached hydrogens (tertiary/aromatic N) is 2. The van der Waals surface area contributed by atoms with E-state index in [-0.39, 0.29) is 29.0 Å². The maximum atomic E-state index is 12.8. The van der Waals surface area contributed by atoms with Crippen molar-refractivity contribution in [1.82, 2.24) is 4.90 Å². The van der Waals surface area contributed by atoms with Crippen LogP contribution in [0.25, 0.3) is 5.70 Å². The van der Waals surface area contributed by atoms with Crippen LogP contribution in [0.15, 0.2) is 76.3 Å². The van der Waals surface area contributed by atoms with Crippen molar-refractivity contribution in [2.75, 3.05) is 6.61 Å². The first-order valence-electron chi connectivity index (χ1n) is 9.03. The number of carbonyl (C=O) groups excluding carboxylic acids is 1. The topological polar surface area (TPSA) is 41.9 Å². The summed E-state index contributed by atoms with van der Waals surface area (Å²) in [5, 5.41) is 3.61. The molecule has 2 aliphatic heterocycles. The van der Waals surface area contributed by atoms with E-state index in [0.717, 1.165) is 22.0 Å². The van der Waals surface area contributed by atoms with Crippen molar-refractivity contribution in [2.45, 2.75) is 19.9 Å². The number of benzene rings is 2. The third kappa shape index (κ3) is 4.15. The van der Waals surface area contributed by atoms with Crippen LogP contribution in [0.2, 0.25) is 5.02 Å². The Kier molecular flexibility index (Phi) is 6.88. The first-order chi connectivity index (χ1) is 13.6. The first-order valence-corrected chi connectivity index (χ1v) is 10.3. The molecule has 0 spiro atoms. The van der Waals surface area contributed by atoms with Crippen molar-refractivity contribution >= 4 is 40.2 Å². The molecule has 0 aliphatic carbocycles. The number of fused-ring (bicyclic) bond motifs is 1. The van der Waals surface area contributed by atoms with Gasteiger partial charge >= 0.3 is 5.97 Å². The Morgan fingerprint density at radius 1 is 1.17 bits per heavy atom. The average molecular weight is 491 g/mol. The zero-order valence-electron chi connectivity index (χ0n) is 15.9. The molecule has 4 nitrogen and oxygen atoms in total. The number of hydrogen-bond donors (Lipinski definition) is 0. The highest BCUT2D eigenvalue weighted by molar-refractivity contribution is 8.16. The van der Waals surface area contributed by atoms with Crippen LogP contribution in [-0.2, 0) is 9.53 Å². The van der Waals surface area contributed by atoms with Crippen LogP contribution in [0.5, 0.6) is 0 Å². The van der Waals surface area contributed by atoms with Crippen molar-refractivity contribution in [3.05, 3.63) is 87.4 Å². The van der Waals surface area contributed by atoms with E-state index in [0.29, 0.717) is 22.9 Å². The molecule has 2 aromatic carbocycles. The Morgan fingerprint density at radius 2 is 1.86 bits per heavy atom. The van der Waals surface area contributed by atoms with E-state index in [1.54, 1.807) is 11.8 Å². The quantitative estimate of drug-likeness (QED) is 0.618. The fourth-order valence-corrected chi connectivity index (χ4v) is 4.53. The summed E-state index contributed by atoms with van der Waals surface area (Å²) in [5.41, 5.74) is 4.28. The van der Waals surface area contributed by atoms with Crippen LogP contribution in [0.1, 0.15) is 31.0 Å². The molecule has 2 aromatic rings. The molecule has 7 heteroatoms. The highest BCUT2D eigenvalue weighted by Gasteiger charge is 2.40. The molecule has 2 aliphatic rings. The number of ether oxygens (including phenoxy) is 1. The lowest BCUT2D eigenvalue weighted by molar-refractivity contribution is -0.139. The van der Waals surface area contributed by atoms with Gasteiger partial charge in [-0.2, -0.15) is 0 Å². The van der Waals surface area contributed by atoms with E-state index in [9.17, 15) is 4.79 Å². The second kappa shape index (κ2) is 9.20. The number of esters is 1. The molecule has 1 atom stereocenters. The maximum Gasteiger partial charge on any atom is 0.338 e. The molecule has 150 valence electrons. The van der Waals surface area contributed by atoms with Gasteiger partial charge in [-0.15, -0.1) is 0 Å². The Labute approximate surface area is 190 Å². The number of hydrogen-bond acceptors (Lipinski definition) is 5. The highest BCUT2D eigenvalue weighted by atomic mass is 79.9. The van der Waals surface area contributed by atoms with Crippen molar-refractivity contribution in [3.8, 4) is 0 Å². The number of halogens is 2. The summed E-state index contributed by atoms with van der Waals surface area (Å²) in [4.78, 5) is 19.7. The predicted molar refractivity (Wildman–Crippen MR) is 115 cm³/mol. The fraction of sp³-hybridized carbons (Fsp3) is 0.182. The fourth-order valence-electron chi connectivity index (χ4n) is 3.43. The van der Waals surface area contributed by atoms with Gasteiger partial charge in [0.2, 0.25) is 0 Å². The van der Waals surface area contributed by atoms with Crippen molar-refractivity contribution in [1.29, 1.82) is 0 Å². The van der Waals surface area contributed by atoms with Gasteiger partial charge in [-0.25, -0.2) is 9.79 Å². The third-order valence-corrected chi connectivity index (χ3v) is 5.77. The van der Waals surface area contributed by atoms with E-state index < -0.39 is 0 Å². The smallest absolute Gasteiger partial charge is 0.338 e. The SMILES string of the molecule is CCOC(=O)C1=C(C)N=C2SC=C(c3ccc(Cl)cc3)N2C1c1ccccc1.[Br-]. The lowest BCUT2D eigenvalue weighted by Gasteiger charge is -2.36. The van der Waals surface area contributed by atoms with Crippen molar-refractivity contribution < 1.29 is 26.5 Å². The second-order valence-electron chi connectivity index (χ2n) is 6.42. The van der Waals surface area contributed by atoms with Crippen LogP contribution >= 0.6 is 23.4 Å². The molecule has 0 fully saturated rings. The zero-order chi connectivity index (χ0) is 19.7. The Balaban J connectivity index is 0.00000240. The molecule has 1 unspecified atom stereocenters. The standard InChI is InChI=1S/C22H19ClN2O2S.BrH/c1-3-27-21(26)19-14(2)24-22-25(20(19)16-7-5-4-6-8-16)18(13-28-22)15-9-11-17(23)12-10-15;/h4-13,20H,3H2,1-2H3;1H/p-1. The minimum Gasteiger partial charge on any atom is -1.00 e. The average Bonchev–Trinajstić information content (AvgIpc) is 3.11. The maximum absolute atomic E-state index is 12.8.